The van der Waals surface area contributed by atoms with Gasteiger partial charge in [0.05, 0.1) is 0 Å². The monoisotopic (exact) mass is 343 g/mol. The molecule has 7 nitrogen and oxygen atoms in total. The van der Waals surface area contributed by atoms with E-state index in [1.807, 2.05) is 12.1 Å². The standard InChI is InChI=1S/C18H25N5O2/c1-22(13-14-6-8-15(24)9-7-14)18(25)19-11-10-17-21-20-16-5-3-2-4-12-23(16)17/h6-9,24H,2-5,10-13H2,1H3,(H,19,25). The van der Waals surface area contributed by atoms with Crippen molar-refractivity contribution in [1.29, 1.82) is 0 Å². The van der Waals surface area contributed by atoms with E-state index in [0.29, 0.717) is 19.5 Å². The van der Waals surface area contributed by atoms with Crippen LogP contribution in [0, 0.1) is 0 Å². The lowest BCUT2D eigenvalue weighted by molar-refractivity contribution is 0.207. The number of aryl methyl sites for hydroxylation is 1. The number of amides is 2. The highest BCUT2D eigenvalue weighted by molar-refractivity contribution is 5.73. The number of nitrogens with zero attached hydrogens (tertiary/aromatic N) is 4. The van der Waals surface area contributed by atoms with Crippen molar-refractivity contribution in [3.63, 3.8) is 0 Å². The van der Waals surface area contributed by atoms with Gasteiger partial charge in [-0.15, -0.1) is 10.2 Å². The van der Waals surface area contributed by atoms with Crippen molar-refractivity contribution in [2.45, 2.75) is 45.2 Å². The van der Waals surface area contributed by atoms with Gasteiger partial charge in [-0.1, -0.05) is 18.6 Å². The molecule has 0 fully saturated rings. The van der Waals surface area contributed by atoms with Crippen molar-refractivity contribution in [2.75, 3.05) is 13.6 Å². The van der Waals surface area contributed by atoms with Crippen LogP contribution in [0.25, 0.3) is 0 Å². The van der Waals surface area contributed by atoms with Crippen molar-refractivity contribution in [1.82, 2.24) is 25.0 Å². The highest BCUT2D eigenvalue weighted by atomic mass is 16.3. The number of fused-ring (bicyclic) bond motifs is 1. The van der Waals surface area contributed by atoms with Gasteiger partial charge in [-0.2, -0.15) is 0 Å². The minimum atomic E-state index is -0.122. The van der Waals surface area contributed by atoms with Crippen LogP contribution in [0.15, 0.2) is 24.3 Å². The van der Waals surface area contributed by atoms with Crippen LogP contribution in [-0.4, -0.2) is 44.4 Å². The number of nitrogens with one attached hydrogen (secondary N) is 1. The van der Waals surface area contributed by atoms with Crippen LogP contribution in [0.1, 0.15) is 36.5 Å². The summed E-state index contributed by atoms with van der Waals surface area (Å²) in [6.07, 6.45) is 5.26. The third-order valence-electron chi connectivity index (χ3n) is 4.51. The predicted molar refractivity (Wildman–Crippen MR) is 94.3 cm³/mol. The molecule has 7 heteroatoms. The third kappa shape index (κ3) is 4.49. The summed E-state index contributed by atoms with van der Waals surface area (Å²) < 4.78 is 2.21. The second kappa shape index (κ2) is 8.00. The number of urea groups is 1. The Morgan fingerprint density at radius 3 is 2.84 bits per heavy atom. The highest BCUT2D eigenvalue weighted by Crippen LogP contribution is 2.14. The SMILES string of the molecule is CN(Cc1ccc(O)cc1)C(=O)NCCc1nnc2n1CCCCC2. The maximum Gasteiger partial charge on any atom is 0.317 e. The molecule has 0 spiro atoms. The smallest absolute Gasteiger partial charge is 0.317 e. The quantitative estimate of drug-likeness (QED) is 0.871. The van der Waals surface area contributed by atoms with Gasteiger partial charge in [0.15, 0.2) is 0 Å². The van der Waals surface area contributed by atoms with E-state index in [-0.39, 0.29) is 11.8 Å². The molecule has 0 radical (unpaired) electrons. The summed E-state index contributed by atoms with van der Waals surface area (Å²) in [6.45, 7) is 2.01. The van der Waals surface area contributed by atoms with E-state index in [1.54, 1.807) is 24.1 Å². The highest BCUT2D eigenvalue weighted by Gasteiger charge is 2.15. The fourth-order valence-corrected chi connectivity index (χ4v) is 3.09. The Hall–Kier alpha value is -2.57. The van der Waals surface area contributed by atoms with Gasteiger partial charge in [-0.3, -0.25) is 0 Å². The van der Waals surface area contributed by atoms with E-state index in [0.717, 1.165) is 30.2 Å². The van der Waals surface area contributed by atoms with Crippen LogP contribution in [-0.2, 0) is 25.9 Å². The topological polar surface area (TPSA) is 83.3 Å². The molecule has 2 heterocycles. The average molecular weight is 343 g/mol. The molecule has 1 aromatic heterocycles. The fraction of sp³-hybridized carbons (Fsp3) is 0.500. The van der Waals surface area contributed by atoms with Gasteiger partial charge in [0, 0.05) is 39.5 Å². The van der Waals surface area contributed by atoms with Crippen molar-refractivity contribution in [2.24, 2.45) is 0 Å². The molecule has 2 amide bonds. The fourth-order valence-electron chi connectivity index (χ4n) is 3.09. The number of benzene rings is 1. The maximum absolute atomic E-state index is 12.2. The summed E-state index contributed by atoms with van der Waals surface area (Å²) in [5.74, 6) is 2.25. The first kappa shape index (κ1) is 17.3. The lowest BCUT2D eigenvalue weighted by atomic mass is 10.2. The lowest BCUT2D eigenvalue weighted by Crippen LogP contribution is -2.38. The number of phenols is 1. The van der Waals surface area contributed by atoms with E-state index < -0.39 is 0 Å². The number of phenolic OH excluding ortho intramolecular Hbond substituents is 1. The first-order valence-corrected chi connectivity index (χ1v) is 8.81. The molecule has 0 bridgehead atoms. The second-order valence-electron chi connectivity index (χ2n) is 6.50. The lowest BCUT2D eigenvalue weighted by Gasteiger charge is -2.18. The van der Waals surface area contributed by atoms with Crippen LogP contribution in [0.5, 0.6) is 5.75 Å². The summed E-state index contributed by atoms with van der Waals surface area (Å²) in [5.41, 5.74) is 0.971. The van der Waals surface area contributed by atoms with Crippen LogP contribution < -0.4 is 5.32 Å². The summed E-state index contributed by atoms with van der Waals surface area (Å²) >= 11 is 0. The predicted octanol–water partition coefficient (Wildman–Crippen LogP) is 2.09. The van der Waals surface area contributed by atoms with Crippen LogP contribution in [0.2, 0.25) is 0 Å². The number of hydrogen-bond acceptors (Lipinski definition) is 4. The van der Waals surface area contributed by atoms with Crippen LogP contribution in [0.3, 0.4) is 0 Å². The Balaban J connectivity index is 1.47. The van der Waals surface area contributed by atoms with E-state index in [4.69, 9.17) is 0 Å². The summed E-state index contributed by atoms with van der Waals surface area (Å²) in [4.78, 5) is 13.8. The zero-order valence-corrected chi connectivity index (χ0v) is 14.6. The van der Waals surface area contributed by atoms with Gasteiger partial charge in [-0.25, -0.2) is 4.79 Å². The average Bonchev–Trinajstić information content (AvgIpc) is 2.84. The molecule has 0 aliphatic carbocycles. The summed E-state index contributed by atoms with van der Waals surface area (Å²) in [6, 6.07) is 6.74. The molecule has 0 unspecified atom stereocenters. The number of hydrogen-bond donors (Lipinski definition) is 2. The molecule has 25 heavy (non-hydrogen) atoms. The molecule has 1 aliphatic heterocycles. The van der Waals surface area contributed by atoms with E-state index in [2.05, 4.69) is 20.1 Å². The summed E-state index contributed by atoms with van der Waals surface area (Å²) in [7, 11) is 1.76. The minimum absolute atomic E-state index is 0.122. The number of aromatic hydroxyl groups is 1. The Morgan fingerprint density at radius 2 is 2.04 bits per heavy atom. The molecule has 1 aliphatic rings. The zero-order valence-electron chi connectivity index (χ0n) is 14.6. The van der Waals surface area contributed by atoms with Crippen molar-refractivity contribution in [3.8, 4) is 5.75 Å². The minimum Gasteiger partial charge on any atom is -0.508 e. The molecule has 0 saturated heterocycles. The van der Waals surface area contributed by atoms with Gasteiger partial charge in [0.1, 0.15) is 17.4 Å². The van der Waals surface area contributed by atoms with Gasteiger partial charge in [0.25, 0.3) is 0 Å². The Bertz CT molecular complexity index is 711. The first-order valence-electron chi connectivity index (χ1n) is 8.81. The number of carbonyl (C=O) groups is 1. The molecule has 2 aromatic rings. The van der Waals surface area contributed by atoms with Crippen molar-refractivity contribution < 1.29 is 9.90 Å². The molecule has 134 valence electrons. The van der Waals surface area contributed by atoms with Gasteiger partial charge >= 0.3 is 6.03 Å². The number of carbonyl (C=O) groups excluding carboxylic acids is 1. The van der Waals surface area contributed by atoms with E-state index in [1.165, 1.54) is 19.3 Å². The summed E-state index contributed by atoms with van der Waals surface area (Å²) in [5, 5.41) is 20.8. The number of rotatable bonds is 5. The van der Waals surface area contributed by atoms with Gasteiger partial charge in [0.2, 0.25) is 0 Å². The largest absolute Gasteiger partial charge is 0.508 e. The first-order chi connectivity index (χ1) is 12.1. The molecular weight excluding hydrogens is 318 g/mol. The molecule has 3 rings (SSSR count). The van der Waals surface area contributed by atoms with Crippen LogP contribution in [0.4, 0.5) is 4.79 Å². The second-order valence-corrected chi connectivity index (χ2v) is 6.50. The molecule has 0 saturated carbocycles. The molecular formula is C18H25N5O2. The van der Waals surface area contributed by atoms with Gasteiger partial charge in [-0.05, 0) is 30.5 Å². The normalized spacial score (nSPS) is 13.8. The Morgan fingerprint density at radius 1 is 1.24 bits per heavy atom. The van der Waals surface area contributed by atoms with Crippen LogP contribution >= 0.6 is 0 Å². The zero-order chi connectivity index (χ0) is 17.6. The van der Waals surface area contributed by atoms with E-state index >= 15 is 0 Å². The van der Waals surface area contributed by atoms with E-state index in [9.17, 15) is 9.90 Å². The molecule has 0 atom stereocenters. The third-order valence-corrected chi connectivity index (χ3v) is 4.51. The molecule has 2 N–H and O–H groups in total. The van der Waals surface area contributed by atoms with Gasteiger partial charge < -0.3 is 19.9 Å². The molecule has 1 aromatic carbocycles. The maximum atomic E-state index is 12.2. The van der Waals surface area contributed by atoms with Crippen molar-refractivity contribution >= 4 is 6.03 Å². The Kier molecular flexibility index (Phi) is 5.53. The van der Waals surface area contributed by atoms with Crippen molar-refractivity contribution in [3.05, 3.63) is 41.5 Å². The number of aromatic nitrogens is 3. The Labute approximate surface area is 147 Å².